The van der Waals surface area contributed by atoms with E-state index in [9.17, 15) is 0 Å². The lowest BCUT2D eigenvalue weighted by atomic mass is 10.1. The summed E-state index contributed by atoms with van der Waals surface area (Å²) < 4.78 is 1.34. The van der Waals surface area contributed by atoms with Crippen molar-refractivity contribution in [2.24, 2.45) is 0 Å². The highest BCUT2D eigenvalue weighted by molar-refractivity contribution is 7.19. The van der Waals surface area contributed by atoms with Crippen molar-refractivity contribution in [1.29, 1.82) is 0 Å². The number of fused-ring (bicyclic) bond motifs is 1. The molecule has 0 saturated carbocycles. The molecule has 0 saturated heterocycles. The minimum Gasteiger partial charge on any atom is -0.396 e. The number of hydrogen-bond acceptors (Lipinski definition) is 3. The van der Waals surface area contributed by atoms with Crippen molar-refractivity contribution < 1.29 is 5.11 Å². The molecule has 0 spiro atoms. The minimum atomic E-state index is 0.255. The fraction of sp³-hybridized carbons (Fsp3) is 0.467. The van der Waals surface area contributed by atoms with Crippen LogP contribution in [0.2, 0.25) is 0 Å². The quantitative estimate of drug-likeness (QED) is 0.832. The number of hydrogen-bond donors (Lipinski definition) is 2. The summed E-state index contributed by atoms with van der Waals surface area (Å²) in [6.45, 7) is 4.61. The lowest BCUT2D eigenvalue weighted by molar-refractivity contribution is 0.257. The topological polar surface area (TPSA) is 32.3 Å². The van der Waals surface area contributed by atoms with E-state index >= 15 is 0 Å². The number of rotatable bonds is 6. The van der Waals surface area contributed by atoms with Crippen LogP contribution >= 0.6 is 11.3 Å². The fourth-order valence-corrected chi connectivity index (χ4v) is 3.29. The molecule has 0 bridgehead atoms. The molecule has 0 aliphatic carbocycles. The molecule has 2 rings (SSSR count). The molecular formula is C15H21NOS. The molecule has 3 heteroatoms. The molecule has 2 N–H and O–H groups in total. The van der Waals surface area contributed by atoms with Gasteiger partial charge in [-0.25, -0.2) is 0 Å². The number of thiophene rings is 1. The zero-order valence-corrected chi connectivity index (χ0v) is 11.8. The van der Waals surface area contributed by atoms with E-state index in [2.05, 4.69) is 49.5 Å². The largest absolute Gasteiger partial charge is 0.396 e. The minimum absolute atomic E-state index is 0.255. The molecule has 2 nitrogen and oxygen atoms in total. The van der Waals surface area contributed by atoms with E-state index in [1.54, 1.807) is 0 Å². The summed E-state index contributed by atoms with van der Waals surface area (Å²) in [4.78, 5) is 1.37. The molecule has 2 atom stereocenters. The molecule has 18 heavy (non-hydrogen) atoms. The van der Waals surface area contributed by atoms with Crippen LogP contribution in [-0.4, -0.2) is 17.8 Å². The zero-order valence-electron chi connectivity index (χ0n) is 11.0. The smallest absolute Gasteiger partial charge is 0.0445 e. The average molecular weight is 263 g/mol. The summed E-state index contributed by atoms with van der Waals surface area (Å²) in [6.07, 6.45) is 1.88. The van der Waals surface area contributed by atoms with E-state index in [1.165, 1.54) is 15.0 Å². The van der Waals surface area contributed by atoms with Crippen LogP contribution in [0.1, 0.15) is 37.6 Å². The molecule has 98 valence electrons. The molecule has 2 unspecified atom stereocenters. The Hall–Kier alpha value is -0.900. The lowest BCUT2D eigenvalue weighted by Crippen LogP contribution is -2.31. The fourth-order valence-electron chi connectivity index (χ4n) is 2.21. The van der Waals surface area contributed by atoms with Gasteiger partial charge in [0.05, 0.1) is 0 Å². The van der Waals surface area contributed by atoms with Crippen LogP contribution < -0.4 is 5.32 Å². The van der Waals surface area contributed by atoms with Gasteiger partial charge in [0, 0.05) is 28.3 Å². The second kappa shape index (κ2) is 6.32. The number of nitrogens with one attached hydrogen (secondary N) is 1. The van der Waals surface area contributed by atoms with Crippen molar-refractivity contribution in [3.05, 3.63) is 35.2 Å². The Balaban J connectivity index is 2.10. The van der Waals surface area contributed by atoms with E-state index in [4.69, 9.17) is 5.11 Å². The second-order valence-corrected chi connectivity index (χ2v) is 5.81. The van der Waals surface area contributed by atoms with Gasteiger partial charge in [-0.15, -0.1) is 11.3 Å². The molecular weight excluding hydrogens is 242 g/mol. The highest BCUT2D eigenvalue weighted by Crippen LogP contribution is 2.29. The molecule has 1 aromatic carbocycles. The third-order valence-electron chi connectivity index (χ3n) is 3.33. The highest BCUT2D eigenvalue weighted by Gasteiger charge is 2.13. The van der Waals surface area contributed by atoms with Crippen LogP contribution in [0.5, 0.6) is 0 Å². The Kier molecular flexibility index (Phi) is 4.75. The van der Waals surface area contributed by atoms with Gasteiger partial charge < -0.3 is 10.4 Å². The molecule has 0 radical (unpaired) electrons. The SMILES string of the molecule is CCC(CCO)NC(C)c1cc2ccccc2s1. The van der Waals surface area contributed by atoms with Gasteiger partial charge in [0.15, 0.2) is 0 Å². The van der Waals surface area contributed by atoms with Crippen LogP contribution in [-0.2, 0) is 0 Å². The zero-order chi connectivity index (χ0) is 13.0. The number of aliphatic hydroxyl groups excluding tert-OH is 1. The Morgan fingerprint density at radius 2 is 2.11 bits per heavy atom. The van der Waals surface area contributed by atoms with Crippen molar-refractivity contribution in [1.82, 2.24) is 5.32 Å². The maximum Gasteiger partial charge on any atom is 0.0445 e. The lowest BCUT2D eigenvalue weighted by Gasteiger charge is -2.20. The predicted molar refractivity (Wildman–Crippen MR) is 79.2 cm³/mol. The summed E-state index contributed by atoms with van der Waals surface area (Å²) >= 11 is 1.85. The monoisotopic (exact) mass is 263 g/mol. The van der Waals surface area contributed by atoms with Gasteiger partial charge >= 0.3 is 0 Å². The van der Waals surface area contributed by atoms with E-state index < -0.39 is 0 Å². The van der Waals surface area contributed by atoms with Gasteiger partial charge in [-0.3, -0.25) is 0 Å². The van der Waals surface area contributed by atoms with Crippen molar-refractivity contribution in [3.8, 4) is 0 Å². The van der Waals surface area contributed by atoms with Gasteiger partial charge in [0.1, 0.15) is 0 Å². The Morgan fingerprint density at radius 1 is 1.33 bits per heavy atom. The van der Waals surface area contributed by atoms with Gasteiger partial charge in [0.25, 0.3) is 0 Å². The van der Waals surface area contributed by atoms with Crippen LogP contribution in [0.3, 0.4) is 0 Å². The van der Waals surface area contributed by atoms with Crippen LogP contribution in [0.15, 0.2) is 30.3 Å². The normalized spacial score (nSPS) is 14.8. The first-order valence-electron chi connectivity index (χ1n) is 6.60. The van der Waals surface area contributed by atoms with E-state index in [-0.39, 0.29) is 6.61 Å². The van der Waals surface area contributed by atoms with Gasteiger partial charge in [0.2, 0.25) is 0 Å². The van der Waals surface area contributed by atoms with Crippen molar-refractivity contribution >= 4 is 21.4 Å². The maximum atomic E-state index is 9.03. The van der Waals surface area contributed by atoms with Crippen molar-refractivity contribution in [2.45, 2.75) is 38.8 Å². The highest BCUT2D eigenvalue weighted by atomic mass is 32.1. The summed E-state index contributed by atoms with van der Waals surface area (Å²) in [5, 5.41) is 13.9. The number of aliphatic hydroxyl groups is 1. The molecule has 0 aliphatic heterocycles. The molecule has 0 amide bonds. The van der Waals surface area contributed by atoms with Gasteiger partial charge in [-0.1, -0.05) is 25.1 Å². The van der Waals surface area contributed by atoms with Crippen LogP contribution in [0, 0.1) is 0 Å². The molecule has 0 fully saturated rings. The van der Waals surface area contributed by atoms with Gasteiger partial charge in [-0.2, -0.15) is 0 Å². The maximum absolute atomic E-state index is 9.03. The third kappa shape index (κ3) is 3.10. The summed E-state index contributed by atoms with van der Waals surface area (Å²) in [7, 11) is 0. The first-order chi connectivity index (χ1) is 8.74. The molecule has 2 aromatic rings. The average Bonchev–Trinajstić information content (AvgIpc) is 2.82. The molecule has 1 aromatic heterocycles. The Morgan fingerprint density at radius 3 is 2.78 bits per heavy atom. The predicted octanol–water partition coefficient (Wildman–Crippen LogP) is 3.71. The van der Waals surface area contributed by atoms with Gasteiger partial charge in [-0.05, 0) is 37.3 Å². The summed E-state index contributed by atoms with van der Waals surface area (Å²) in [5.41, 5.74) is 0. The first kappa shape index (κ1) is 13.5. The molecule has 0 aliphatic rings. The second-order valence-electron chi connectivity index (χ2n) is 4.69. The third-order valence-corrected chi connectivity index (χ3v) is 4.63. The summed E-state index contributed by atoms with van der Waals surface area (Å²) in [6, 6.07) is 11.5. The van der Waals surface area contributed by atoms with E-state index in [1.807, 2.05) is 11.3 Å². The van der Waals surface area contributed by atoms with E-state index in [0.717, 1.165) is 12.8 Å². The Bertz CT molecular complexity index is 461. The summed E-state index contributed by atoms with van der Waals surface area (Å²) in [5.74, 6) is 0. The van der Waals surface area contributed by atoms with Crippen LogP contribution in [0.4, 0.5) is 0 Å². The van der Waals surface area contributed by atoms with Crippen LogP contribution in [0.25, 0.3) is 10.1 Å². The Labute approximate surface area is 113 Å². The molecule has 1 heterocycles. The standard InChI is InChI=1S/C15H21NOS/c1-3-13(8-9-17)16-11(2)15-10-12-6-4-5-7-14(12)18-15/h4-7,10-11,13,16-17H,3,8-9H2,1-2H3. The van der Waals surface area contributed by atoms with E-state index in [0.29, 0.717) is 12.1 Å². The van der Waals surface area contributed by atoms with Crippen molar-refractivity contribution in [2.75, 3.05) is 6.61 Å². The number of benzene rings is 1. The van der Waals surface area contributed by atoms with Crippen molar-refractivity contribution in [3.63, 3.8) is 0 Å². The first-order valence-corrected chi connectivity index (χ1v) is 7.41.